The molecule has 0 bridgehead atoms. The monoisotopic (exact) mass is 475 g/mol. The van der Waals surface area contributed by atoms with E-state index < -0.39 is 10.0 Å². The van der Waals surface area contributed by atoms with Gasteiger partial charge in [-0.25, -0.2) is 17.8 Å². The summed E-state index contributed by atoms with van der Waals surface area (Å²) in [5, 5.41) is 0.787. The second-order valence-electron chi connectivity index (χ2n) is 8.32. The summed E-state index contributed by atoms with van der Waals surface area (Å²) >= 11 is 1.53. The average Bonchev–Trinajstić information content (AvgIpc) is 3.54. The number of hydrogen-bond donors (Lipinski definition) is 0. The molecule has 0 aliphatic carbocycles. The fraction of sp³-hybridized carbons (Fsp3) is 0.435. The molecule has 1 atom stereocenters. The van der Waals surface area contributed by atoms with Crippen LogP contribution in [0.25, 0.3) is 11.0 Å². The van der Waals surface area contributed by atoms with Gasteiger partial charge in [0.15, 0.2) is 5.16 Å². The summed E-state index contributed by atoms with van der Waals surface area (Å²) in [6.07, 6.45) is 3.96. The van der Waals surface area contributed by atoms with Crippen molar-refractivity contribution in [2.24, 2.45) is 0 Å². The first-order valence-electron chi connectivity index (χ1n) is 11.0. The van der Waals surface area contributed by atoms with E-state index in [9.17, 15) is 12.8 Å². The largest absolute Gasteiger partial charge is 0.376 e. The molecule has 2 saturated heterocycles. The number of imidazole rings is 1. The van der Waals surface area contributed by atoms with Gasteiger partial charge in [-0.15, -0.1) is 0 Å². The minimum absolute atomic E-state index is 0.119. The van der Waals surface area contributed by atoms with Gasteiger partial charge < -0.3 is 9.30 Å². The fourth-order valence-corrected chi connectivity index (χ4v) is 6.88. The van der Waals surface area contributed by atoms with Crippen molar-refractivity contribution in [3.05, 3.63) is 53.8 Å². The van der Waals surface area contributed by atoms with E-state index in [0.717, 1.165) is 48.5 Å². The highest BCUT2D eigenvalue weighted by Gasteiger charge is 2.28. The number of fused-ring (bicyclic) bond motifs is 1. The molecule has 9 heteroatoms. The molecule has 6 nitrogen and oxygen atoms in total. The molecule has 0 saturated carbocycles. The van der Waals surface area contributed by atoms with E-state index in [4.69, 9.17) is 9.72 Å². The molecular weight excluding hydrogens is 449 g/mol. The molecule has 2 aliphatic rings. The minimum atomic E-state index is -3.51. The Hall–Kier alpha value is -1.94. The third-order valence-corrected chi connectivity index (χ3v) is 9.00. The van der Waals surface area contributed by atoms with Gasteiger partial charge in [0.1, 0.15) is 5.82 Å². The van der Waals surface area contributed by atoms with Crippen LogP contribution in [0.1, 0.15) is 31.2 Å². The van der Waals surface area contributed by atoms with E-state index in [0.29, 0.717) is 30.9 Å². The predicted octanol–water partition coefficient (Wildman–Crippen LogP) is 4.43. The Morgan fingerprint density at radius 2 is 1.97 bits per heavy atom. The Kier molecular flexibility index (Phi) is 6.24. The number of ether oxygens (including phenoxy) is 1. The summed E-state index contributed by atoms with van der Waals surface area (Å²) in [7, 11) is -3.51. The Morgan fingerprint density at radius 1 is 1.12 bits per heavy atom. The van der Waals surface area contributed by atoms with Gasteiger partial charge in [0.05, 0.1) is 28.6 Å². The zero-order chi connectivity index (χ0) is 22.1. The van der Waals surface area contributed by atoms with Crippen LogP contribution in [0.5, 0.6) is 0 Å². The standard InChI is InChI=1S/C23H26FN3O3S2/c24-18-6-3-5-17(13-18)16-31-23-25-21-14-20(32(28,29)26-10-1-2-11-26)8-9-22(21)27(23)15-19-7-4-12-30-19/h3,5-6,8-9,13-14,19H,1-2,4,7,10-12,15-16H2. The van der Waals surface area contributed by atoms with Crippen molar-refractivity contribution >= 4 is 32.8 Å². The summed E-state index contributed by atoms with van der Waals surface area (Å²) in [6.45, 7) is 2.58. The number of sulfonamides is 1. The minimum Gasteiger partial charge on any atom is -0.376 e. The Bertz CT molecular complexity index is 1220. The third kappa shape index (κ3) is 4.44. The Labute approximate surface area is 191 Å². The van der Waals surface area contributed by atoms with Crippen molar-refractivity contribution in [2.45, 2.75) is 54.1 Å². The molecule has 2 aliphatic heterocycles. The Balaban J connectivity index is 1.48. The molecule has 5 rings (SSSR count). The SMILES string of the molecule is O=S(=O)(c1ccc2c(c1)nc(SCc1cccc(F)c1)n2CC1CCCO1)N1CCCC1. The molecule has 1 unspecified atom stereocenters. The van der Waals surface area contributed by atoms with Gasteiger partial charge in [0, 0.05) is 25.4 Å². The van der Waals surface area contributed by atoms with Gasteiger partial charge in [-0.1, -0.05) is 23.9 Å². The molecule has 0 spiro atoms. The van der Waals surface area contributed by atoms with Crippen LogP contribution < -0.4 is 0 Å². The van der Waals surface area contributed by atoms with Crippen LogP contribution >= 0.6 is 11.8 Å². The van der Waals surface area contributed by atoms with E-state index in [1.807, 2.05) is 12.1 Å². The molecule has 2 aromatic carbocycles. The topological polar surface area (TPSA) is 64.4 Å². The Morgan fingerprint density at radius 3 is 2.72 bits per heavy atom. The molecular formula is C23H26FN3O3S2. The van der Waals surface area contributed by atoms with E-state index in [-0.39, 0.29) is 16.8 Å². The molecule has 0 radical (unpaired) electrons. The molecule has 2 fully saturated rings. The summed E-state index contributed by atoms with van der Waals surface area (Å²) < 4.78 is 49.1. The fourth-order valence-electron chi connectivity index (χ4n) is 4.38. The van der Waals surface area contributed by atoms with Crippen molar-refractivity contribution in [1.82, 2.24) is 13.9 Å². The van der Waals surface area contributed by atoms with Crippen molar-refractivity contribution in [2.75, 3.05) is 19.7 Å². The third-order valence-electron chi connectivity index (χ3n) is 6.05. The zero-order valence-corrected chi connectivity index (χ0v) is 19.4. The first kappa shape index (κ1) is 21.9. The lowest BCUT2D eigenvalue weighted by Crippen LogP contribution is -2.27. The van der Waals surface area contributed by atoms with Crippen LogP contribution in [-0.2, 0) is 27.1 Å². The van der Waals surface area contributed by atoms with Crippen molar-refractivity contribution in [3.63, 3.8) is 0 Å². The summed E-state index contributed by atoms with van der Waals surface area (Å²) in [4.78, 5) is 5.07. The highest BCUT2D eigenvalue weighted by Crippen LogP contribution is 2.31. The van der Waals surface area contributed by atoms with Gasteiger partial charge in [0.25, 0.3) is 0 Å². The highest BCUT2D eigenvalue weighted by molar-refractivity contribution is 7.98. The lowest BCUT2D eigenvalue weighted by molar-refractivity contribution is 0.0960. The summed E-state index contributed by atoms with van der Waals surface area (Å²) in [5.41, 5.74) is 2.43. The van der Waals surface area contributed by atoms with E-state index in [1.165, 1.54) is 23.9 Å². The van der Waals surface area contributed by atoms with Crippen LogP contribution in [0.4, 0.5) is 4.39 Å². The quantitative estimate of drug-likeness (QED) is 0.473. The molecule has 0 N–H and O–H groups in total. The first-order chi connectivity index (χ1) is 15.5. The van der Waals surface area contributed by atoms with Crippen molar-refractivity contribution < 1.29 is 17.5 Å². The molecule has 3 heterocycles. The van der Waals surface area contributed by atoms with Crippen LogP contribution in [-0.4, -0.2) is 48.1 Å². The van der Waals surface area contributed by atoms with Gasteiger partial charge in [-0.2, -0.15) is 4.31 Å². The van der Waals surface area contributed by atoms with Gasteiger partial charge in [-0.05, 0) is 61.6 Å². The van der Waals surface area contributed by atoms with Crippen LogP contribution in [0, 0.1) is 5.82 Å². The lowest BCUT2D eigenvalue weighted by atomic mass is 10.2. The number of hydrogen-bond acceptors (Lipinski definition) is 5. The molecule has 170 valence electrons. The maximum Gasteiger partial charge on any atom is 0.243 e. The van der Waals surface area contributed by atoms with Crippen LogP contribution in [0.2, 0.25) is 0 Å². The van der Waals surface area contributed by atoms with Crippen LogP contribution in [0.3, 0.4) is 0 Å². The highest BCUT2D eigenvalue weighted by atomic mass is 32.2. The maximum absolute atomic E-state index is 13.6. The number of nitrogens with zero attached hydrogens (tertiary/aromatic N) is 3. The lowest BCUT2D eigenvalue weighted by Gasteiger charge is -2.16. The second-order valence-corrected chi connectivity index (χ2v) is 11.2. The molecule has 32 heavy (non-hydrogen) atoms. The summed E-state index contributed by atoms with van der Waals surface area (Å²) in [6, 6.07) is 11.8. The first-order valence-corrected chi connectivity index (χ1v) is 13.4. The number of rotatable bonds is 7. The van der Waals surface area contributed by atoms with Gasteiger partial charge in [0.2, 0.25) is 10.0 Å². The smallest absolute Gasteiger partial charge is 0.243 e. The zero-order valence-electron chi connectivity index (χ0n) is 17.7. The van der Waals surface area contributed by atoms with Gasteiger partial charge in [-0.3, -0.25) is 0 Å². The normalized spacial score (nSPS) is 19.8. The van der Waals surface area contributed by atoms with E-state index >= 15 is 0 Å². The summed E-state index contributed by atoms with van der Waals surface area (Å²) in [5.74, 6) is 0.318. The van der Waals surface area contributed by atoms with Gasteiger partial charge >= 0.3 is 0 Å². The maximum atomic E-state index is 13.6. The molecule has 0 amide bonds. The molecule has 3 aromatic rings. The number of aromatic nitrogens is 2. The number of halogens is 1. The van der Waals surface area contributed by atoms with Crippen molar-refractivity contribution in [3.8, 4) is 0 Å². The average molecular weight is 476 g/mol. The molecule has 1 aromatic heterocycles. The van der Waals surface area contributed by atoms with E-state index in [2.05, 4.69) is 4.57 Å². The predicted molar refractivity (Wildman–Crippen MR) is 123 cm³/mol. The van der Waals surface area contributed by atoms with Crippen LogP contribution in [0.15, 0.2) is 52.5 Å². The number of thioether (sulfide) groups is 1. The van der Waals surface area contributed by atoms with E-state index in [1.54, 1.807) is 22.5 Å². The van der Waals surface area contributed by atoms with Crippen molar-refractivity contribution in [1.29, 1.82) is 0 Å². The second kappa shape index (κ2) is 9.13. The number of benzene rings is 2.